The van der Waals surface area contributed by atoms with Gasteiger partial charge in [0.15, 0.2) is 0 Å². The highest BCUT2D eigenvalue weighted by Gasteiger charge is 2.25. The maximum Gasteiger partial charge on any atom is 0.267 e. The number of hydrogen-bond acceptors (Lipinski definition) is 2. The predicted molar refractivity (Wildman–Crippen MR) is 111 cm³/mol. The van der Waals surface area contributed by atoms with Crippen molar-refractivity contribution >= 4 is 27.0 Å². The molecule has 4 rings (SSSR count). The quantitative estimate of drug-likeness (QED) is 0.729. The summed E-state index contributed by atoms with van der Waals surface area (Å²) in [4.78, 5) is 20.5. The third kappa shape index (κ3) is 3.63. The Labute approximate surface area is 155 Å². The number of nitrogens with one attached hydrogen (secondary N) is 2. The highest BCUT2D eigenvalue weighted by Crippen LogP contribution is 2.44. The molecule has 5 heteroatoms. The van der Waals surface area contributed by atoms with Crippen LogP contribution in [-0.2, 0) is 0 Å². The molecule has 0 unspecified atom stereocenters. The summed E-state index contributed by atoms with van der Waals surface area (Å²) in [5.74, 6) is 2.46. The van der Waals surface area contributed by atoms with Crippen LogP contribution in [0.1, 0.15) is 23.3 Å². The van der Waals surface area contributed by atoms with Crippen LogP contribution in [0.5, 0.6) is 0 Å². The number of carbonyl (C=O) groups is 1. The summed E-state index contributed by atoms with van der Waals surface area (Å²) < 4.78 is 0. The minimum atomic E-state index is -0.437. The van der Waals surface area contributed by atoms with Crippen LogP contribution in [-0.4, -0.2) is 45.9 Å². The van der Waals surface area contributed by atoms with Crippen molar-refractivity contribution in [3.8, 4) is 11.3 Å². The lowest BCUT2D eigenvalue weighted by Crippen LogP contribution is -2.39. The molecule has 3 heterocycles. The summed E-state index contributed by atoms with van der Waals surface area (Å²) in [7, 11) is -0.437. The number of nitrogens with zero attached hydrogens (tertiary/aromatic N) is 1. The van der Waals surface area contributed by atoms with Crippen LogP contribution < -0.4 is 5.32 Å². The topological polar surface area (TPSA) is 57.8 Å². The summed E-state index contributed by atoms with van der Waals surface area (Å²) in [5.41, 5.74) is 3.33. The van der Waals surface area contributed by atoms with Gasteiger partial charge < -0.3 is 10.3 Å². The van der Waals surface area contributed by atoms with Gasteiger partial charge in [0.25, 0.3) is 5.91 Å². The first-order valence-electron chi connectivity index (χ1n) is 9.05. The van der Waals surface area contributed by atoms with Gasteiger partial charge in [-0.25, -0.2) is 15.0 Å². The van der Waals surface area contributed by atoms with Crippen molar-refractivity contribution in [3.63, 3.8) is 0 Å². The molecule has 1 aromatic carbocycles. The fourth-order valence-electron chi connectivity index (χ4n) is 3.47. The van der Waals surface area contributed by atoms with Gasteiger partial charge in [-0.05, 0) is 55.1 Å². The first-order valence-corrected chi connectivity index (χ1v) is 11.8. The number of H-pyrrole nitrogens is 1. The van der Waals surface area contributed by atoms with Crippen LogP contribution >= 0.6 is 10.0 Å². The van der Waals surface area contributed by atoms with Gasteiger partial charge in [0.2, 0.25) is 0 Å². The Kier molecular flexibility index (Phi) is 4.49. The van der Waals surface area contributed by atoms with Crippen LogP contribution in [0.25, 0.3) is 22.3 Å². The summed E-state index contributed by atoms with van der Waals surface area (Å²) >= 11 is 0. The van der Waals surface area contributed by atoms with E-state index < -0.39 is 10.0 Å². The SMILES string of the molecule is CS1(C)CCC(NC(=O)c2cc3ccc(-c4ccccc4)nc3[nH]2)CC1. The van der Waals surface area contributed by atoms with Gasteiger partial charge in [-0.2, -0.15) is 0 Å². The molecule has 1 aliphatic rings. The number of benzene rings is 1. The van der Waals surface area contributed by atoms with Crippen molar-refractivity contribution in [1.29, 1.82) is 0 Å². The van der Waals surface area contributed by atoms with E-state index in [1.54, 1.807) is 0 Å². The molecule has 2 aromatic heterocycles. The number of aromatic nitrogens is 2. The third-order valence-electron chi connectivity index (χ3n) is 5.17. The van der Waals surface area contributed by atoms with E-state index in [0.29, 0.717) is 11.7 Å². The van der Waals surface area contributed by atoms with Crippen molar-refractivity contribution < 1.29 is 4.79 Å². The van der Waals surface area contributed by atoms with Crippen LogP contribution in [0.15, 0.2) is 48.5 Å². The third-order valence-corrected chi connectivity index (χ3v) is 7.85. The molecular formula is C21H25N3OS. The fraction of sp³-hybridized carbons (Fsp3) is 0.333. The van der Waals surface area contributed by atoms with Crippen molar-refractivity contribution in [1.82, 2.24) is 15.3 Å². The van der Waals surface area contributed by atoms with Gasteiger partial charge in [-0.3, -0.25) is 4.79 Å². The van der Waals surface area contributed by atoms with E-state index in [1.807, 2.05) is 48.5 Å². The fourth-order valence-corrected chi connectivity index (χ4v) is 5.52. The molecule has 1 fully saturated rings. The van der Waals surface area contributed by atoms with Crippen molar-refractivity contribution in [2.75, 3.05) is 24.0 Å². The average molecular weight is 368 g/mol. The minimum Gasteiger partial charge on any atom is -0.348 e. The molecule has 3 aromatic rings. The largest absolute Gasteiger partial charge is 0.348 e. The van der Waals surface area contributed by atoms with Gasteiger partial charge in [0.1, 0.15) is 11.3 Å². The number of pyridine rings is 1. The van der Waals surface area contributed by atoms with Crippen LogP contribution in [0.2, 0.25) is 0 Å². The van der Waals surface area contributed by atoms with Gasteiger partial charge in [-0.15, -0.1) is 0 Å². The number of aromatic amines is 1. The molecular weight excluding hydrogens is 342 g/mol. The normalized spacial score (nSPS) is 18.5. The van der Waals surface area contributed by atoms with Gasteiger partial charge >= 0.3 is 0 Å². The first kappa shape index (κ1) is 17.2. The van der Waals surface area contributed by atoms with E-state index in [2.05, 4.69) is 27.8 Å². The standard InChI is InChI=1S/C21H25N3OS/c1-26(2)12-10-17(11-13-26)22-21(25)19-14-16-8-9-18(23-20(16)24-19)15-6-4-3-5-7-15/h3-9,14,17H,10-13H2,1-2H3,(H,22,25)(H,23,24). The van der Waals surface area contributed by atoms with Crippen molar-refractivity contribution in [2.24, 2.45) is 0 Å². The summed E-state index contributed by atoms with van der Waals surface area (Å²) in [5, 5.41) is 4.16. The maximum atomic E-state index is 12.6. The van der Waals surface area contributed by atoms with E-state index in [9.17, 15) is 4.79 Å². The van der Waals surface area contributed by atoms with Crippen LogP contribution in [0.3, 0.4) is 0 Å². The number of hydrogen-bond donors (Lipinski definition) is 2. The number of fused-ring (bicyclic) bond motifs is 1. The second kappa shape index (κ2) is 6.80. The summed E-state index contributed by atoms with van der Waals surface area (Å²) in [6.07, 6.45) is 6.95. The van der Waals surface area contributed by atoms with E-state index in [4.69, 9.17) is 0 Å². The van der Waals surface area contributed by atoms with Crippen molar-refractivity contribution in [2.45, 2.75) is 18.9 Å². The molecule has 1 amide bonds. The second-order valence-electron chi connectivity index (χ2n) is 7.61. The Morgan fingerprint density at radius 1 is 1.12 bits per heavy atom. The molecule has 0 aliphatic carbocycles. The number of carbonyl (C=O) groups excluding carboxylic acids is 1. The highest BCUT2D eigenvalue weighted by atomic mass is 32.3. The van der Waals surface area contributed by atoms with Crippen LogP contribution in [0.4, 0.5) is 0 Å². The zero-order valence-corrected chi connectivity index (χ0v) is 16.1. The zero-order valence-electron chi connectivity index (χ0n) is 15.3. The number of amides is 1. The molecule has 2 N–H and O–H groups in total. The average Bonchev–Trinajstić information content (AvgIpc) is 3.07. The first-order chi connectivity index (χ1) is 12.5. The van der Waals surface area contributed by atoms with Crippen molar-refractivity contribution in [3.05, 3.63) is 54.2 Å². The Bertz CT molecular complexity index is 923. The second-order valence-corrected chi connectivity index (χ2v) is 12.0. The smallest absolute Gasteiger partial charge is 0.267 e. The van der Waals surface area contributed by atoms with Gasteiger partial charge in [-0.1, -0.05) is 30.3 Å². The monoisotopic (exact) mass is 367 g/mol. The molecule has 0 radical (unpaired) electrons. The zero-order chi connectivity index (χ0) is 18.1. The Morgan fingerprint density at radius 2 is 1.85 bits per heavy atom. The predicted octanol–water partition coefficient (Wildman–Crippen LogP) is 4.19. The lowest BCUT2D eigenvalue weighted by Gasteiger charge is -2.39. The maximum absolute atomic E-state index is 12.6. The summed E-state index contributed by atoms with van der Waals surface area (Å²) in [6, 6.07) is 16.3. The minimum absolute atomic E-state index is 0.0241. The molecule has 1 aliphatic heterocycles. The van der Waals surface area contributed by atoms with E-state index >= 15 is 0 Å². The van der Waals surface area contributed by atoms with E-state index in [1.165, 1.54) is 11.5 Å². The number of rotatable bonds is 3. The molecule has 0 spiro atoms. The Balaban J connectivity index is 1.51. The lowest BCUT2D eigenvalue weighted by atomic mass is 10.1. The van der Waals surface area contributed by atoms with Gasteiger partial charge in [0, 0.05) is 17.0 Å². The Morgan fingerprint density at radius 3 is 2.58 bits per heavy atom. The van der Waals surface area contributed by atoms with E-state index in [-0.39, 0.29) is 5.91 Å². The molecule has 0 saturated carbocycles. The van der Waals surface area contributed by atoms with Gasteiger partial charge in [0.05, 0.1) is 5.69 Å². The molecule has 0 bridgehead atoms. The molecule has 26 heavy (non-hydrogen) atoms. The van der Waals surface area contributed by atoms with Crippen LogP contribution in [0, 0.1) is 0 Å². The molecule has 4 nitrogen and oxygen atoms in total. The lowest BCUT2D eigenvalue weighted by molar-refractivity contribution is 0.0930. The molecule has 1 saturated heterocycles. The Hall–Kier alpha value is -2.27. The molecule has 136 valence electrons. The molecule has 0 atom stereocenters. The highest BCUT2D eigenvalue weighted by molar-refractivity contribution is 8.32. The van der Waals surface area contributed by atoms with E-state index in [0.717, 1.165) is 35.1 Å². The summed E-state index contributed by atoms with van der Waals surface area (Å²) in [6.45, 7) is 0.